The maximum atomic E-state index is 13.1. The van der Waals surface area contributed by atoms with Crippen molar-refractivity contribution in [2.24, 2.45) is 13.0 Å². The molecule has 3 N–H and O–H groups in total. The fourth-order valence-corrected chi connectivity index (χ4v) is 4.35. The van der Waals surface area contributed by atoms with Crippen LogP contribution in [0.15, 0.2) is 53.9 Å². The molecule has 1 unspecified atom stereocenters. The van der Waals surface area contributed by atoms with E-state index < -0.39 is 10.0 Å². The summed E-state index contributed by atoms with van der Waals surface area (Å²) in [6.07, 6.45) is 2.77. The summed E-state index contributed by atoms with van der Waals surface area (Å²) in [7, 11) is 0.600. The Hall–Kier alpha value is -4.10. The number of ether oxygens (including phenoxy) is 3. The highest BCUT2D eigenvalue weighted by Crippen LogP contribution is 2.42. The Morgan fingerprint density at radius 3 is 2.38 bits per heavy atom. The zero-order valence-corrected chi connectivity index (χ0v) is 21.6. The van der Waals surface area contributed by atoms with Gasteiger partial charge in [-0.2, -0.15) is 8.42 Å². The predicted molar refractivity (Wildman–Crippen MR) is 138 cm³/mol. The van der Waals surface area contributed by atoms with Crippen LogP contribution in [-0.4, -0.2) is 60.5 Å². The van der Waals surface area contributed by atoms with E-state index in [1.54, 1.807) is 43.4 Å². The molecule has 2 aromatic heterocycles. The molecule has 0 aliphatic carbocycles. The van der Waals surface area contributed by atoms with Gasteiger partial charge in [0.2, 0.25) is 0 Å². The lowest BCUT2D eigenvalue weighted by Crippen LogP contribution is -2.17. The second-order valence-corrected chi connectivity index (χ2v) is 9.95. The third-order valence-electron chi connectivity index (χ3n) is 5.32. The number of fused-ring (bicyclic) bond motifs is 1. The monoisotopic (exact) mass is 528 g/mol. The highest BCUT2D eigenvalue weighted by molar-refractivity contribution is 7.92. The molecule has 4 rings (SSSR count). The molecule has 0 bridgehead atoms. The normalized spacial score (nSPS) is 12.2. The molecule has 2 aromatic carbocycles. The van der Waals surface area contributed by atoms with Gasteiger partial charge in [0, 0.05) is 37.9 Å². The number of nitrogens with zero attached hydrogens (tertiary/aromatic N) is 4. The van der Waals surface area contributed by atoms with E-state index in [0.717, 1.165) is 0 Å². The highest BCUT2D eigenvalue weighted by atomic mass is 32.2. The van der Waals surface area contributed by atoms with Crippen molar-refractivity contribution in [3.05, 3.63) is 48.9 Å². The van der Waals surface area contributed by atoms with Crippen molar-refractivity contribution in [1.82, 2.24) is 19.5 Å². The molecule has 0 spiro atoms. The van der Waals surface area contributed by atoms with Gasteiger partial charge in [0.1, 0.15) is 5.75 Å². The van der Waals surface area contributed by atoms with E-state index in [-0.39, 0.29) is 35.8 Å². The van der Waals surface area contributed by atoms with Crippen LogP contribution in [0.5, 0.6) is 17.2 Å². The Morgan fingerprint density at radius 2 is 1.78 bits per heavy atom. The largest absolute Gasteiger partial charge is 0.497 e. The van der Waals surface area contributed by atoms with Gasteiger partial charge in [-0.05, 0) is 12.1 Å². The number of anilines is 3. The van der Waals surface area contributed by atoms with E-state index in [1.807, 2.05) is 6.92 Å². The third-order valence-corrected chi connectivity index (χ3v) is 6.54. The second-order valence-electron chi connectivity index (χ2n) is 8.32. The Labute approximate surface area is 214 Å². The van der Waals surface area contributed by atoms with Crippen LogP contribution in [0.25, 0.3) is 11.0 Å². The number of methoxy groups -OCH3 is 2. The van der Waals surface area contributed by atoms with Gasteiger partial charge in [-0.15, -0.1) is 0 Å². The summed E-state index contributed by atoms with van der Waals surface area (Å²) in [5.74, 6) is 1.11. The number of aryl methyl sites for hydroxylation is 1. The number of aliphatic hydroxyl groups excluding tert-OH is 1. The number of imidazole rings is 1. The first kappa shape index (κ1) is 26.0. The first-order chi connectivity index (χ1) is 17.7. The molecule has 0 radical (unpaired) electrons. The Balaban J connectivity index is 1.81. The number of hydrogen-bond acceptors (Lipinski definition) is 10. The van der Waals surface area contributed by atoms with Gasteiger partial charge in [-0.3, -0.25) is 4.72 Å². The zero-order valence-electron chi connectivity index (χ0n) is 20.8. The average molecular weight is 529 g/mol. The lowest BCUT2D eigenvalue weighted by Gasteiger charge is -2.20. The predicted octanol–water partition coefficient (Wildman–Crippen LogP) is 2.93. The molecule has 0 aliphatic heterocycles. The molecule has 13 heteroatoms. The summed E-state index contributed by atoms with van der Waals surface area (Å²) >= 11 is 0. The van der Waals surface area contributed by atoms with Crippen LogP contribution < -0.4 is 24.2 Å². The highest BCUT2D eigenvalue weighted by Gasteiger charge is 2.23. The molecule has 0 saturated carbocycles. The summed E-state index contributed by atoms with van der Waals surface area (Å²) < 4.78 is 47.0. The van der Waals surface area contributed by atoms with E-state index in [9.17, 15) is 13.5 Å². The topological polar surface area (TPSA) is 150 Å². The summed E-state index contributed by atoms with van der Waals surface area (Å²) in [5.41, 5.74) is 1.42. The summed E-state index contributed by atoms with van der Waals surface area (Å²) in [6, 6.07) is 10.4. The van der Waals surface area contributed by atoms with Gasteiger partial charge in [0.05, 0.1) is 43.9 Å². The zero-order chi connectivity index (χ0) is 26.6. The van der Waals surface area contributed by atoms with E-state index >= 15 is 0 Å². The van der Waals surface area contributed by atoms with Gasteiger partial charge in [-0.1, -0.05) is 19.1 Å². The molecule has 0 saturated heterocycles. The van der Waals surface area contributed by atoms with Gasteiger partial charge in [0.25, 0.3) is 10.0 Å². The number of aliphatic hydroxyl groups is 1. The fourth-order valence-electron chi connectivity index (χ4n) is 3.36. The van der Waals surface area contributed by atoms with Crippen molar-refractivity contribution in [2.45, 2.75) is 11.9 Å². The SMILES string of the molecule is COc1cc(Nc2nc3ccccc3nc2NS(=O)(=O)c2cn(C)cn2)c(OCC(C)CO)c(OC)c1. The molecular formula is C24H28N6O6S. The Morgan fingerprint density at radius 1 is 1.08 bits per heavy atom. The van der Waals surface area contributed by atoms with Gasteiger partial charge < -0.3 is 29.2 Å². The van der Waals surface area contributed by atoms with E-state index in [0.29, 0.717) is 34.0 Å². The standard InChI is InChI=1S/C24H28N6O6S/c1-15(12-31)13-36-22-19(9-16(34-3)10-20(22)35-4)28-23-24(27-18-8-6-5-7-17(18)26-23)29-37(32,33)21-11-30(2)14-25-21/h5-11,14-15,31H,12-13H2,1-4H3,(H,26,28)(H,27,29). The molecule has 4 aromatic rings. The van der Waals surface area contributed by atoms with Crippen LogP contribution >= 0.6 is 0 Å². The van der Waals surface area contributed by atoms with Crippen molar-refractivity contribution in [3.63, 3.8) is 0 Å². The molecule has 37 heavy (non-hydrogen) atoms. The quantitative estimate of drug-likeness (QED) is 0.265. The van der Waals surface area contributed by atoms with Crippen LogP contribution in [0.1, 0.15) is 6.92 Å². The van der Waals surface area contributed by atoms with Crippen molar-refractivity contribution < 1.29 is 27.7 Å². The number of nitrogens with one attached hydrogen (secondary N) is 2. The Kier molecular flexibility index (Phi) is 7.64. The number of aromatic nitrogens is 4. The van der Waals surface area contributed by atoms with Gasteiger partial charge in [-0.25, -0.2) is 15.0 Å². The van der Waals surface area contributed by atoms with Gasteiger partial charge >= 0.3 is 0 Å². The summed E-state index contributed by atoms with van der Waals surface area (Å²) in [4.78, 5) is 13.1. The fraction of sp³-hybridized carbons (Fsp3) is 0.292. The summed E-state index contributed by atoms with van der Waals surface area (Å²) in [6.45, 7) is 1.98. The minimum Gasteiger partial charge on any atom is -0.497 e. The molecule has 12 nitrogen and oxygen atoms in total. The lowest BCUT2D eigenvalue weighted by molar-refractivity contribution is 0.171. The first-order valence-electron chi connectivity index (χ1n) is 11.3. The van der Waals surface area contributed by atoms with Crippen molar-refractivity contribution >= 4 is 38.4 Å². The summed E-state index contributed by atoms with van der Waals surface area (Å²) in [5, 5.41) is 12.4. The number of para-hydroxylation sites is 2. The lowest BCUT2D eigenvalue weighted by atomic mass is 10.2. The second kappa shape index (κ2) is 10.9. The molecule has 2 heterocycles. The molecule has 1 atom stereocenters. The minimum atomic E-state index is -4.07. The van der Waals surface area contributed by atoms with E-state index in [4.69, 9.17) is 14.2 Å². The molecule has 0 aliphatic rings. The third kappa shape index (κ3) is 5.84. The number of hydrogen-bond donors (Lipinski definition) is 3. The van der Waals surface area contributed by atoms with Crippen LogP contribution in [0.3, 0.4) is 0 Å². The molecule has 0 fully saturated rings. The van der Waals surface area contributed by atoms with Crippen LogP contribution in [0.4, 0.5) is 17.3 Å². The average Bonchev–Trinajstić information content (AvgIpc) is 3.34. The van der Waals surface area contributed by atoms with Crippen molar-refractivity contribution in [3.8, 4) is 17.2 Å². The van der Waals surface area contributed by atoms with Crippen LogP contribution in [0.2, 0.25) is 0 Å². The van der Waals surface area contributed by atoms with Crippen LogP contribution in [-0.2, 0) is 17.1 Å². The number of sulfonamides is 1. The van der Waals surface area contributed by atoms with Crippen molar-refractivity contribution in [1.29, 1.82) is 0 Å². The Bertz CT molecular complexity index is 1510. The van der Waals surface area contributed by atoms with Crippen molar-refractivity contribution in [2.75, 3.05) is 37.5 Å². The molecule has 0 amide bonds. The maximum absolute atomic E-state index is 13.1. The molecule has 196 valence electrons. The van der Waals surface area contributed by atoms with E-state index in [1.165, 1.54) is 31.3 Å². The smallest absolute Gasteiger partial charge is 0.282 e. The van der Waals surface area contributed by atoms with E-state index in [2.05, 4.69) is 25.0 Å². The number of benzene rings is 2. The maximum Gasteiger partial charge on any atom is 0.282 e. The van der Waals surface area contributed by atoms with Gasteiger partial charge in [0.15, 0.2) is 28.2 Å². The number of rotatable bonds is 11. The first-order valence-corrected chi connectivity index (χ1v) is 12.8. The minimum absolute atomic E-state index is 0.0409. The molecular weight excluding hydrogens is 500 g/mol. The van der Waals surface area contributed by atoms with Crippen LogP contribution in [0, 0.1) is 5.92 Å².